The number of likely N-dealkylation sites (tertiary alicyclic amines) is 1. The molecule has 1 aliphatic rings. The summed E-state index contributed by atoms with van der Waals surface area (Å²) in [6, 6.07) is 5.36. The van der Waals surface area contributed by atoms with Crippen molar-refractivity contribution in [2.75, 3.05) is 26.7 Å². The predicted octanol–water partition coefficient (Wildman–Crippen LogP) is 3.73. The van der Waals surface area contributed by atoms with E-state index in [9.17, 15) is 4.79 Å². The van der Waals surface area contributed by atoms with Crippen molar-refractivity contribution < 1.29 is 4.79 Å². The molecule has 1 atom stereocenters. The van der Waals surface area contributed by atoms with Crippen molar-refractivity contribution in [3.8, 4) is 10.6 Å². The molecule has 128 valence electrons. The number of nitrogens with zero attached hydrogens (tertiary/aromatic N) is 2. The van der Waals surface area contributed by atoms with Crippen LogP contribution in [0.5, 0.6) is 0 Å². The first-order valence-electron chi connectivity index (χ1n) is 7.89. The molecule has 1 aliphatic heterocycles. The number of carbonyl (C=O) groups is 1. The highest BCUT2D eigenvalue weighted by Gasteiger charge is 2.26. The Morgan fingerprint density at radius 2 is 2.29 bits per heavy atom. The van der Waals surface area contributed by atoms with E-state index < -0.39 is 0 Å². The number of amides is 1. The van der Waals surface area contributed by atoms with Gasteiger partial charge < -0.3 is 10.2 Å². The number of halogens is 2. The molecule has 3 rings (SSSR count). The Morgan fingerprint density at radius 1 is 1.46 bits per heavy atom. The van der Waals surface area contributed by atoms with Gasteiger partial charge >= 0.3 is 0 Å². The van der Waals surface area contributed by atoms with E-state index in [-0.39, 0.29) is 5.91 Å². The van der Waals surface area contributed by atoms with E-state index in [4.69, 9.17) is 23.2 Å². The molecule has 1 saturated heterocycles. The summed E-state index contributed by atoms with van der Waals surface area (Å²) in [5, 5.41) is 7.09. The molecule has 1 aromatic carbocycles. The molecule has 1 N–H and O–H groups in total. The van der Waals surface area contributed by atoms with Gasteiger partial charge in [-0.1, -0.05) is 23.2 Å². The van der Waals surface area contributed by atoms with Crippen LogP contribution in [0.15, 0.2) is 23.6 Å². The zero-order valence-electron chi connectivity index (χ0n) is 13.4. The zero-order chi connectivity index (χ0) is 17.1. The van der Waals surface area contributed by atoms with Crippen LogP contribution in [0.3, 0.4) is 0 Å². The lowest BCUT2D eigenvalue weighted by molar-refractivity contribution is -0.129. The molecule has 7 heteroatoms. The molecular weight excluding hydrogens is 365 g/mol. The van der Waals surface area contributed by atoms with Gasteiger partial charge in [0.2, 0.25) is 5.91 Å². The highest BCUT2D eigenvalue weighted by atomic mass is 35.5. The van der Waals surface area contributed by atoms with Crippen LogP contribution in [-0.2, 0) is 11.2 Å². The average molecular weight is 384 g/mol. The van der Waals surface area contributed by atoms with Crippen molar-refractivity contribution in [1.29, 1.82) is 0 Å². The van der Waals surface area contributed by atoms with Gasteiger partial charge in [-0.05, 0) is 44.1 Å². The Balaban J connectivity index is 1.65. The Bertz CT molecular complexity index is 734. The highest BCUT2D eigenvalue weighted by molar-refractivity contribution is 7.13. The maximum atomic E-state index is 12.4. The SMILES string of the molecule is CNC[C@H]1CCN(C(=O)Cc2csc(-c3ccc(Cl)cc3Cl)n2)C1. The number of rotatable bonds is 5. The minimum absolute atomic E-state index is 0.146. The average Bonchev–Trinajstić information content (AvgIpc) is 3.17. The summed E-state index contributed by atoms with van der Waals surface area (Å²) < 4.78 is 0. The van der Waals surface area contributed by atoms with E-state index in [1.807, 2.05) is 23.4 Å². The molecule has 24 heavy (non-hydrogen) atoms. The first-order valence-corrected chi connectivity index (χ1v) is 9.52. The summed E-state index contributed by atoms with van der Waals surface area (Å²) in [5.74, 6) is 0.700. The van der Waals surface area contributed by atoms with Crippen molar-refractivity contribution in [2.24, 2.45) is 5.92 Å². The van der Waals surface area contributed by atoms with E-state index in [0.29, 0.717) is 22.4 Å². The summed E-state index contributed by atoms with van der Waals surface area (Å²) in [5.41, 5.74) is 1.64. The summed E-state index contributed by atoms with van der Waals surface area (Å²) in [4.78, 5) is 19.0. The molecule has 2 heterocycles. The Morgan fingerprint density at radius 3 is 3.04 bits per heavy atom. The molecule has 0 bridgehead atoms. The van der Waals surface area contributed by atoms with E-state index in [2.05, 4.69) is 10.3 Å². The van der Waals surface area contributed by atoms with Gasteiger partial charge in [0.15, 0.2) is 0 Å². The molecule has 1 amide bonds. The van der Waals surface area contributed by atoms with Gasteiger partial charge in [0.25, 0.3) is 0 Å². The maximum Gasteiger partial charge on any atom is 0.228 e. The highest BCUT2D eigenvalue weighted by Crippen LogP contribution is 2.32. The van der Waals surface area contributed by atoms with Crippen molar-refractivity contribution >= 4 is 40.4 Å². The van der Waals surface area contributed by atoms with Gasteiger partial charge in [-0.3, -0.25) is 4.79 Å². The third kappa shape index (κ3) is 4.09. The summed E-state index contributed by atoms with van der Waals surface area (Å²) in [7, 11) is 1.95. The van der Waals surface area contributed by atoms with Gasteiger partial charge in [0.1, 0.15) is 5.01 Å². The fraction of sp³-hybridized carbons (Fsp3) is 0.412. The van der Waals surface area contributed by atoms with Crippen LogP contribution in [0.25, 0.3) is 10.6 Å². The molecule has 2 aromatic rings. The second-order valence-electron chi connectivity index (χ2n) is 6.00. The lowest BCUT2D eigenvalue weighted by Crippen LogP contribution is -2.31. The van der Waals surface area contributed by atoms with Crippen molar-refractivity contribution in [3.05, 3.63) is 39.3 Å². The minimum atomic E-state index is 0.146. The zero-order valence-corrected chi connectivity index (χ0v) is 15.7. The van der Waals surface area contributed by atoms with Gasteiger partial charge in [-0.15, -0.1) is 11.3 Å². The number of benzene rings is 1. The van der Waals surface area contributed by atoms with Crippen LogP contribution in [0.1, 0.15) is 12.1 Å². The lowest BCUT2D eigenvalue weighted by Gasteiger charge is -2.15. The third-order valence-corrected chi connectivity index (χ3v) is 5.65. The molecule has 0 spiro atoms. The number of hydrogen-bond donors (Lipinski definition) is 1. The summed E-state index contributed by atoms with van der Waals surface area (Å²) in [6.45, 7) is 2.63. The lowest BCUT2D eigenvalue weighted by atomic mass is 10.1. The van der Waals surface area contributed by atoms with Crippen LogP contribution in [0.4, 0.5) is 0 Å². The van der Waals surface area contributed by atoms with Gasteiger partial charge in [0.05, 0.1) is 17.1 Å². The molecule has 0 radical (unpaired) electrons. The second kappa shape index (κ2) is 7.83. The van der Waals surface area contributed by atoms with E-state index in [1.165, 1.54) is 11.3 Å². The molecule has 1 aromatic heterocycles. The van der Waals surface area contributed by atoms with Crippen LogP contribution in [0.2, 0.25) is 10.0 Å². The van der Waals surface area contributed by atoms with Crippen LogP contribution in [-0.4, -0.2) is 42.5 Å². The van der Waals surface area contributed by atoms with Crippen LogP contribution >= 0.6 is 34.5 Å². The Labute approximate surface area is 155 Å². The first kappa shape index (κ1) is 17.7. The molecule has 1 fully saturated rings. The van der Waals surface area contributed by atoms with Crippen molar-refractivity contribution in [3.63, 3.8) is 0 Å². The minimum Gasteiger partial charge on any atom is -0.342 e. The predicted molar refractivity (Wildman–Crippen MR) is 99.9 cm³/mol. The maximum absolute atomic E-state index is 12.4. The molecule has 0 unspecified atom stereocenters. The van der Waals surface area contributed by atoms with Crippen LogP contribution < -0.4 is 5.32 Å². The third-order valence-electron chi connectivity index (χ3n) is 4.18. The normalized spacial score (nSPS) is 17.5. The summed E-state index contributed by atoms with van der Waals surface area (Å²) >= 11 is 13.7. The van der Waals surface area contributed by atoms with Gasteiger partial charge in [0, 0.05) is 29.1 Å². The number of aromatic nitrogens is 1. The number of carbonyl (C=O) groups excluding carboxylic acids is 1. The summed E-state index contributed by atoms with van der Waals surface area (Å²) in [6.07, 6.45) is 1.41. The van der Waals surface area contributed by atoms with Crippen molar-refractivity contribution in [1.82, 2.24) is 15.2 Å². The quantitative estimate of drug-likeness (QED) is 0.855. The Hall–Kier alpha value is -1.14. The largest absolute Gasteiger partial charge is 0.342 e. The standard InChI is InChI=1S/C17H19Cl2N3OS/c1-20-8-11-4-5-22(9-11)16(23)7-13-10-24-17(21-13)14-3-2-12(18)6-15(14)19/h2-3,6,10-11,20H,4-5,7-9H2,1H3/t11-/m1/s1. The number of thiazole rings is 1. The first-order chi connectivity index (χ1) is 11.6. The van der Waals surface area contributed by atoms with Crippen molar-refractivity contribution in [2.45, 2.75) is 12.8 Å². The van der Waals surface area contributed by atoms with Gasteiger partial charge in [-0.2, -0.15) is 0 Å². The molecule has 0 aliphatic carbocycles. The topological polar surface area (TPSA) is 45.2 Å². The monoisotopic (exact) mass is 383 g/mol. The van der Waals surface area contributed by atoms with Gasteiger partial charge in [-0.25, -0.2) is 4.98 Å². The van der Waals surface area contributed by atoms with E-state index in [1.54, 1.807) is 12.1 Å². The molecular formula is C17H19Cl2N3OS. The number of hydrogen-bond acceptors (Lipinski definition) is 4. The van der Waals surface area contributed by atoms with E-state index >= 15 is 0 Å². The Kier molecular flexibility index (Phi) is 5.76. The molecule has 4 nitrogen and oxygen atoms in total. The number of nitrogens with one attached hydrogen (secondary N) is 1. The van der Waals surface area contributed by atoms with Crippen LogP contribution in [0, 0.1) is 5.92 Å². The second-order valence-corrected chi connectivity index (χ2v) is 7.70. The fourth-order valence-electron chi connectivity index (χ4n) is 2.96. The molecule has 0 saturated carbocycles. The smallest absolute Gasteiger partial charge is 0.228 e. The van der Waals surface area contributed by atoms with E-state index in [0.717, 1.165) is 42.3 Å². The fourth-order valence-corrected chi connectivity index (χ4v) is 4.37.